The number of nitrogen functional groups attached to an aromatic ring is 1. The molecule has 0 bridgehead atoms. The van der Waals surface area contributed by atoms with Crippen LogP contribution in [0.25, 0.3) is 33.8 Å². The number of H-pyrrole nitrogens is 1. The first-order valence-corrected chi connectivity index (χ1v) is 9.17. The van der Waals surface area contributed by atoms with Gasteiger partial charge in [0.25, 0.3) is 0 Å². The van der Waals surface area contributed by atoms with Gasteiger partial charge in [-0.25, -0.2) is 4.98 Å². The number of rotatable bonds is 4. The molecule has 0 saturated heterocycles. The van der Waals surface area contributed by atoms with Gasteiger partial charge in [-0.05, 0) is 37.3 Å². The second-order valence-electron chi connectivity index (χ2n) is 6.10. The zero-order chi connectivity index (χ0) is 19.1. The van der Waals surface area contributed by atoms with Crippen LogP contribution in [0.1, 0.15) is 12.5 Å². The Kier molecular flexibility index (Phi) is 4.19. The Bertz CT molecular complexity index is 1160. The molecule has 2 aromatic heterocycles. The lowest BCUT2D eigenvalue weighted by atomic mass is 10.1. The summed E-state index contributed by atoms with van der Waals surface area (Å²) >= 11 is 3.41. The smallest absolute Gasteiger partial charge is 0.173 e. The Morgan fingerprint density at radius 1 is 1.26 bits per heavy atom. The van der Waals surface area contributed by atoms with Crippen LogP contribution < -0.4 is 5.73 Å². The van der Waals surface area contributed by atoms with Crippen LogP contribution in [0.3, 0.4) is 0 Å². The second kappa shape index (κ2) is 6.55. The number of aromatic nitrogens is 4. The molecule has 0 aliphatic rings. The van der Waals surface area contributed by atoms with E-state index in [4.69, 9.17) is 11.1 Å². The van der Waals surface area contributed by atoms with Gasteiger partial charge in [0.2, 0.25) is 0 Å². The third-order valence-electron chi connectivity index (χ3n) is 4.36. The van der Waals surface area contributed by atoms with E-state index in [1.165, 1.54) is 0 Å². The number of nitrogens with two attached hydrogens (primary N) is 1. The molecule has 5 N–H and O–H groups in total. The molecule has 0 amide bonds. The van der Waals surface area contributed by atoms with E-state index >= 15 is 0 Å². The lowest BCUT2D eigenvalue weighted by molar-refractivity contribution is 0.477. The molecule has 8 heteroatoms. The number of aryl methyl sites for hydroxylation is 1. The number of halogens is 1. The van der Waals surface area contributed by atoms with Crippen molar-refractivity contribution in [2.24, 2.45) is 5.73 Å². The van der Waals surface area contributed by atoms with E-state index < -0.39 is 0 Å². The Hall–Kier alpha value is -3.13. The molecule has 27 heavy (non-hydrogen) atoms. The first-order chi connectivity index (χ1) is 13.0. The summed E-state index contributed by atoms with van der Waals surface area (Å²) in [7, 11) is 0. The van der Waals surface area contributed by atoms with E-state index in [1.54, 1.807) is 22.9 Å². The number of hydrogen-bond acceptors (Lipinski definition) is 4. The number of imidazole rings is 1. The minimum absolute atomic E-state index is 0.00739. The summed E-state index contributed by atoms with van der Waals surface area (Å²) in [6, 6.07) is 12.9. The van der Waals surface area contributed by atoms with Gasteiger partial charge in [0.05, 0.1) is 11.0 Å². The summed E-state index contributed by atoms with van der Waals surface area (Å²) in [6.07, 6.45) is 0. The molecule has 2 aromatic carbocycles. The molecule has 0 saturated carbocycles. The van der Waals surface area contributed by atoms with Gasteiger partial charge in [-0.2, -0.15) is 5.10 Å². The fraction of sp³-hybridized carbons (Fsp3) is 0.105. The predicted octanol–water partition coefficient (Wildman–Crippen LogP) is 3.87. The van der Waals surface area contributed by atoms with E-state index in [2.05, 4.69) is 31.0 Å². The van der Waals surface area contributed by atoms with Crippen LogP contribution in [0.4, 0.5) is 0 Å². The number of hydrogen-bond donors (Lipinski definition) is 4. The number of fused-ring (bicyclic) bond motifs is 1. The van der Waals surface area contributed by atoms with Crippen molar-refractivity contribution in [2.45, 2.75) is 13.5 Å². The van der Waals surface area contributed by atoms with Crippen molar-refractivity contribution < 1.29 is 5.11 Å². The van der Waals surface area contributed by atoms with Gasteiger partial charge < -0.3 is 15.8 Å². The lowest BCUT2D eigenvalue weighted by Crippen LogP contribution is -2.10. The van der Waals surface area contributed by atoms with Crippen LogP contribution in [-0.4, -0.2) is 30.7 Å². The molecule has 0 spiro atoms. The zero-order valence-electron chi connectivity index (χ0n) is 14.5. The Balaban J connectivity index is 1.87. The lowest BCUT2D eigenvalue weighted by Gasteiger charge is -2.01. The topological polar surface area (TPSA) is 117 Å². The molecule has 0 atom stereocenters. The van der Waals surface area contributed by atoms with Crippen molar-refractivity contribution in [3.05, 3.63) is 52.5 Å². The quantitative estimate of drug-likeness (QED) is 0.293. The Labute approximate surface area is 163 Å². The molecular formula is C19H17BrN6O. The summed E-state index contributed by atoms with van der Waals surface area (Å²) in [6.45, 7) is 2.53. The van der Waals surface area contributed by atoms with Crippen LogP contribution in [0.5, 0.6) is 5.75 Å². The standard InChI is InChI=1S/C19H17BrN6O/c1-2-26-16(17(27)15(25-26)10-3-6-12(20)7-4-10)19-23-13-8-5-11(18(21)22)9-14(13)24-19/h3-9,27H,2H2,1H3,(H3,21,22)(H,23,24). The molecule has 4 rings (SSSR count). The van der Waals surface area contributed by atoms with E-state index in [0.29, 0.717) is 29.3 Å². The fourth-order valence-electron chi connectivity index (χ4n) is 3.01. The highest BCUT2D eigenvalue weighted by Crippen LogP contribution is 2.37. The van der Waals surface area contributed by atoms with Crippen LogP contribution in [-0.2, 0) is 6.54 Å². The van der Waals surface area contributed by atoms with E-state index in [9.17, 15) is 5.11 Å². The third-order valence-corrected chi connectivity index (χ3v) is 4.89. The second-order valence-corrected chi connectivity index (χ2v) is 7.02. The molecular weight excluding hydrogens is 408 g/mol. The normalized spacial score (nSPS) is 11.2. The van der Waals surface area contributed by atoms with Gasteiger partial charge in [-0.3, -0.25) is 10.1 Å². The first-order valence-electron chi connectivity index (χ1n) is 8.38. The summed E-state index contributed by atoms with van der Waals surface area (Å²) in [5.41, 5.74) is 9.49. The van der Waals surface area contributed by atoms with Crippen molar-refractivity contribution in [3.63, 3.8) is 0 Å². The van der Waals surface area contributed by atoms with Crippen LogP contribution >= 0.6 is 15.9 Å². The minimum atomic E-state index is -0.00739. The largest absolute Gasteiger partial charge is 0.504 e. The average Bonchev–Trinajstić information content (AvgIpc) is 3.21. The maximum atomic E-state index is 10.9. The van der Waals surface area contributed by atoms with Crippen molar-refractivity contribution in [1.29, 1.82) is 5.41 Å². The van der Waals surface area contributed by atoms with Gasteiger partial charge in [-0.1, -0.05) is 28.1 Å². The number of nitrogens with zero attached hydrogens (tertiary/aromatic N) is 3. The molecule has 7 nitrogen and oxygen atoms in total. The van der Waals surface area contributed by atoms with E-state index in [0.717, 1.165) is 21.1 Å². The van der Waals surface area contributed by atoms with Crippen molar-refractivity contribution >= 4 is 32.8 Å². The maximum absolute atomic E-state index is 10.9. The molecule has 0 fully saturated rings. The fourth-order valence-corrected chi connectivity index (χ4v) is 3.27. The van der Waals surface area contributed by atoms with E-state index in [-0.39, 0.29) is 11.6 Å². The summed E-state index contributed by atoms with van der Waals surface area (Å²) in [5.74, 6) is 0.581. The Morgan fingerprint density at radius 3 is 2.67 bits per heavy atom. The van der Waals surface area contributed by atoms with Crippen molar-refractivity contribution in [2.75, 3.05) is 0 Å². The monoisotopic (exact) mass is 424 g/mol. The Morgan fingerprint density at radius 2 is 2.00 bits per heavy atom. The number of nitrogens with one attached hydrogen (secondary N) is 2. The summed E-state index contributed by atoms with van der Waals surface area (Å²) in [5, 5.41) is 23.0. The van der Waals surface area contributed by atoms with Crippen LogP contribution in [0.15, 0.2) is 46.9 Å². The first kappa shape index (κ1) is 17.3. The van der Waals surface area contributed by atoms with Gasteiger partial charge in [0.1, 0.15) is 17.2 Å². The van der Waals surface area contributed by atoms with Gasteiger partial charge in [0, 0.05) is 22.1 Å². The van der Waals surface area contributed by atoms with Crippen molar-refractivity contribution in [1.82, 2.24) is 19.7 Å². The molecule has 0 aliphatic heterocycles. The van der Waals surface area contributed by atoms with Gasteiger partial charge in [0.15, 0.2) is 11.6 Å². The predicted molar refractivity (Wildman–Crippen MR) is 109 cm³/mol. The molecule has 0 unspecified atom stereocenters. The number of benzene rings is 2. The highest BCUT2D eigenvalue weighted by atomic mass is 79.9. The number of aromatic amines is 1. The molecule has 136 valence electrons. The summed E-state index contributed by atoms with van der Waals surface area (Å²) < 4.78 is 2.68. The highest BCUT2D eigenvalue weighted by molar-refractivity contribution is 9.10. The molecule has 4 aromatic rings. The third kappa shape index (κ3) is 2.97. The van der Waals surface area contributed by atoms with E-state index in [1.807, 2.05) is 31.2 Å². The van der Waals surface area contributed by atoms with Crippen LogP contribution in [0.2, 0.25) is 0 Å². The average molecular weight is 425 g/mol. The molecule has 0 radical (unpaired) electrons. The molecule has 0 aliphatic carbocycles. The van der Waals surface area contributed by atoms with Gasteiger partial charge in [-0.15, -0.1) is 0 Å². The van der Waals surface area contributed by atoms with Gasteiger partial charge >= 0.3 is 0 Å². The number of aromatic hydroxyl groups is 1. The summed E-state index contributed by atoms with van der Waals surface area (Å²) in [4.78, 5) is 7.78. The van der Waals surface area contributed by atoms with Crippen LogP contribution in [0, 0.1) is 5.41 Å². The minimum Gasteiger partial charge on any atom is -0.504 e. The SMILES string of the molecule is CCn1nc(-c2ccc(Br)cc2)c(O)c1-c1nc2ccc(C(=N)N)cc2[nH]1. The molecule has 2 heterocycles. The zero-order valence-corrected chi connectivity index (χ0v) is 16.1. The maximum Gasteiger partial charge on any atom is 0.173 e. The highest BCUT2D eigenvalue weighted by Gasteiger charge is 2.22. The number of amidine groups is 1. The van der Waals surface area contributed by atoms with Crippen molar-refractivity contribution in [3.8, 4) is 28.5 Å².